The predicted molar refractivity (Wildman–Crippen MR) is 128 cm³/mol. The molecular weight excluding hydrogens is 464 g/mol. The fraction of sp³-hybridized carbons (Fsp3) is 0.750. The molecule has 198 valence electrons. The second-order valence-corrected chi connectivity index (χ2v) is 12.6. The Hall–Kier alpha value is -2.35. The van der Waals surface area contributed by atoms with Gasteiger partial charge in [-0.2, -0.15) is 0 Å². The molecule has 8 heteroatoms. The van der Waals surface area contributed by atoms with E-state index < -0.39 is 56.1 Å². The standard InChI is InChI=1S/C28H38O8/c1-15-13-18-24(5,28(22(33)35-8)21(32)26(7,34)20(31)25(15,28)6)11-9-17-23(3,4)19(36-16(2)30)10-12-27(17,18)14-29/h13-14,17-19,34H,9-12H2,1-8H3/t17-,18+,19-,24+,25-,26+,27+,28-/m0/s1. The van der Waals surface area contributed by atoms with E-state index in [1.165, 1.54) is 14.0 Å². The van der Waals surface area contributed by atoms with Gasteiger partial charge in [-0.25, -0.2) is 0 Å². The van der Waals surface area contributed by atoms with Crippen molar-refractivity contribution >= 4 is 29.8 Å². The van der Waals surface area contributed by atoms with Crippen molar-refractivity contribution in [1.29, 1.82) is 0 Å². The van der Waals surface area contributed by atoms with E-state index in [1.54, 1.807) is 20.8 Å². The first-order chi connectivity index (χ1) is 16.5. The molecule has 0 heterocycles. The number of carbonyl (C=O) groups excluding carboxylic acids is 5. The summed E-state index contributed by atoms with van der Waals surface area (Å²) in [6.45, 7) is 11.6. The number of ketones is 2. The van der Waals surface area contributed by atoms with Gasteiger partial charge in [0.25, 0.3) is 0 Å². The number of methoxy groups -OCH3 is 1. The van der Waals surface area contributed by atoms with Crippen LogP contribution >= 0.6 is 0 Å². The van der Waals surface area contributed by atoms with Gasteiger partial charge >= 0.3 is 11.9 Å². The summed E-state index contributed by atoms with van der Waals surface area (Å²) in [5.74, 6) is -3.58. The number of ether oxygens (including phenoxy) is 2. The smallest absolute Gasteiger partial charge is 0.321 e. The molecule has 0 unspecified atom stereocenters. The highest BCUT2D eigenvalue weighted by molar-refractivity contribution is 6.30. The first kappa shape index (κ1) is 26.7. The lowest BCUT2D eigenvalue weighted by molar-refractivity contribution is -0.217. The molecule has 1 N–H and O–H groups in total. The minimum absolute atomic E-state index is 0.200. The molecule has 8 atom stereocenters. The van der Waals surface area contributed by atoms with Crippen molar-refractivity contribution in [1.82, 2.24) is 0 Å². The highest BCUT2D eigenvalue weighted by Crippen LogP contribution is 2.76. The Bertz CT molecular complexity index is 1100. The molecule has 3 fully saturated rings. The third-order valence-electron chi connectivity index (χ3n) is 10.9. The molecule has 0 aromatic carbocycles. The van der Waals surface area contributed by atoms with Crippen LogP contribution in [-0.2, 0) is 33.4 Å². The Morgan fingerprint density at radius 3 is 2.19 bits per heavy atom. The fourth-order valence-electron chi connectivity index (χ4n) is 9.19. The zero-order valence-corrected chi connectivity index (χ0v) is 22.5. The number of allylic oxidation sites excluding steroid dienone is 2. The number of hydrogen-bond acceptors (Lipinski definition) is 8. The average Bonchev–Trinajstić information content (AvgIpc) is 2.93. The summed E-state index contributed by atoms with van der Waals surface area (Å²) in [6.07, 6.45) is 4.16. The number of esters is 2. The maximum Gasteiger partial charge on any atom is 0.321 e. The molecule has 0 amide bonds. The van der Waals surface area contributed by atoms with Crippen LogP contribution in [0.2, 0.25) is 0 Å². The van der Waals surface area contributed by atoms with Gasteiger partial charge in [0.2, 0.25) is 0 Å². The van der Waals surface area contributed by atoms with Gasteiger partial charge < -0.3 is 19.4 Å². The number of aldehydes is 1. The van der Waals surface area contributed by atoms with E-state index in [2.05, 4.69) is 0 Å². The van der Waals surface area contributed by atoms with E-state index >= 15 is 0 Å². The van der Waals surface area contributed by atoms with Crippen LogP contribution in [0.3, 0.4) is 0 Å². The molecule has 0 aromatic rings. The molecule has 3 saturated carbocycles. The molecule has 8 nitrogen and oxygen atoms in total. The Kier molecular flexibility index (Phi) is 5.63. The molecule has 4 aliphatic rings. The van der Waals surface area contributed by atoms with Crippen LogP contribution in [0.4, 0.5) is 0 Å². The van der Waals surface area contributed by atoms with Crippen molar-refractivity contribution in [2.24, 2.45) is 38.9 Å². The maximum atomic E-state index is 14.1. The third-order valence-corrected chi connectivity index (χ3v) is 10.9. The van der Waals surface area contributed by atoms with E-state index in [0.717, 1.165) is 13.2 Å². The summed E-state index contributed by atoms with van der Waals surface area (Å²) in [5, 5.41) is 11.2. The molecular formula is C28H38O8. The zero-order valence-electron chi connectivity index (χ0n) is 22.5. The van der Waals surface area contributed by atoms with Gasteiger partial charge in [0.1, 0.15) is 12.4 Å². The molecule has 0 spiro atoms. The second-order valence-electron chi connectivity index (χ2n) is 12.6. The van der Waals surface area contributed by atoms with Gasteiger partial charge in [0, 0.05) is 17.8 Å². The van der Waals surface area contributed by atoms with Gasteiger partial charge in [-0.15, -0.1) is 0 Å². The number of rotatable bonds is 3. The van der Waals surface area contributed by atoms with Crippen molar-refractivity contribution in [3.05, 3.63) is 11.6 Å². The Morgan fingerprint density at radius 1 is 1.06 bits per heavy atom. The number of carbonyl (C=O) groups is 5. The lowest BCUT2D eigenvalue weighted by atomic mass is 9.34. The van der Waals surface area contributed by atoms with Crippen LogP contribution in [0.25, 0.3) is 0 Å². The molecule has 0 radical (unpaired) electrons. The zero-order chi connectivity index (χ0) is 27.3. The van der Waals surface area contributed by atoms with Crippen molar-refractivity contribution in [3.8, 4) is 0 Å². The lowest BCUT2D eigenvalue weighted by Crippen LogP contribution is -2.70. The highest BCUT2D eigenvalue weighted by Gasteiger charge is 2.85. The van der Waals surface area contributed by atoms with Gasteiger partial charge in [-0.1, -0.05) is 32.4 Å². The summed E-state index contributed by atoms with van der Waals surface area (Å²) in [6, 6.07) is 0. The average molecular weight is 503 g/mol. The van der Waals surface area contributed by atoms with Gasteiger partial charge in [0.05, 0.1) is 12.5 Å². The summed E-state index contributed by atoms with van der Waals surface area (Å²) in [7, 11) is 1.18. The van der Waals surface area contributed by atoms with Crippen LogP contribution < -0.4 is 0 Å². The number of hydrogen-bond donors (Lipinski definition) is 1. The first-order valence-corrected chi connectivity index (χ1v) is 12.7. The van der Waals surface area contributed by atoms with Crippen molar-refractivity contribution in [3.63, 3.8) is 0 Å². The van der Waals surface area contributed by atoms with Crippen LogP contribution in [0.15, 0.2) is 11.6 Å². The minimum atomic E-state index is -2.37. The fourth-order valence-corrected chi connectivity index (χ4v) is 9.19. The van der Waals surface area contributed by atoms with E-state index in [9.17, 15) is 29.1 Å². The first-order valence-electron chi connectivity index (χ1n) is 12.7. The third kappa shape index (κ3) is 2.61. The second kappa shape index (κ2) is 7.59. The van der Waals surface area contributed by atoms with Crippen molar-refractivity contribution < 1.29 is 38.6 Å². The van der Waals surface area contributed by atoms with Gasteiger partial charge in [-0.05, 0) is 63.7 Å². The normalized spacial score (nSPS) is 47.1. The van der Waals surface area contributed by atoms with E-state index in [-0.39, 0.29) is 18.0 Å². The van der Waals surface area contributed by atoms with Crippen LogP contribution in [-0.4, -0.2) is 53.7 Å². The topological polar surface area (TPSA) is 124 Å². The monoisotopic (exact) mass is 502 g/mol. The summed E-state index contributed by atoms with van der Waals surface area (Å²) in [4.78, 5) is 66.6. The quantitative estimate of drug-likeness (QED) is 0.270. The molecule has 36 heavy (non-hydrogen) atoms. The number of fused-ring (bicyclic) bond motifs is 5. The Morgan fingerprint density at radius 2 is 1.67 bits per heavy atom. The summed E-state index contributed by atoms with van der Waals surface area (Å²) < 4.78 is 10.9. The van der Waals surface area contributed by atoms with Crippen LogP contribution in [0.1, 0.15) is 74.1 Å². The summed E-state index contributed by atoms with van der Waals surface area (Å²) >= 11 is 0. The van der Waals surface area contributed by atoms with Crippen molar-refractivity contribution in [2.75, 3.05) is 7.11 Å². The molecule has 0 aromatic heterocycles. The van der Waals surface area contributed by atoms with E-state index in [0.29, 0.717) is 31.3 Å². The number of Topliss-reactive ketones (excluding diaryl/α,β-unsaturated/α-hetero) is 2. The lowest BCUT2D eigenvalue weighted by Gasteiger charge is -2.67. The maximum absolute atomic E-state index is 14.1. The minimum Gasteiger partial charge on any atom is -0.468 e. The highest BCUT2D eigenvalue weighted by atomic mass is 16.5. The van der Waals surface area contributed by atoms with E-state index in [4.69, 9.17) is 9.47 Å². The van der Waals surface area contributed by atoms with E-state index in [1.807, 2.05) is 19.9 Å². The predicted octanol–water partition coefficient (Wildman–Crippen LogP) is 2.98. The SMILES string of the molecule is COC(=O)[C@]12C(=O)[C@](C)(O)C(=O)[C@]1(C)C(C)=C[C@H]1[C@@]3(C=O)CC[C@H](OC(C)=O)C(C)(C)[C@@H]3CC[C@]12C. The van der Waals surface area contributed by atoms with Crippen molar-refractivity contribution in [2.45, 2.75) is 85.9 Å². The molecule has 4 rings (SSSR count). The number of aliphatic hydroxyl groups is 1. The van der Waals surface area contributed by atoms with Crippen LogP contribution in [0.5, 0.6) is 0 Å². The van der Waals surface area contributed by atoms with Crippen LogP contribution in [0, 0.1) is 38.9 Å². The molecule has 0 aliphatic heterocycles. The Balaban J connectivity index is 2.01. The van der Waals surface area contributed by atoms with Gasteiger partial charge in [-0.3, -0.25) is 19.2 Å². The molecule has 0 bridgehead atoms. The van der Waals surface area contributed by atoms with Gasteiger partial charge in [0.15, 0.2) is 22.6 Å². The molecule has 0 saturated heterocycles. The molecule has 4 aliphatic carbocycles. The Labute approximate surface area is 212 Å². The summed E-state index contributed by atoms with van der Waals surface area (Å²) in [5.41, 5.74) is -8.18. The largest absolute Gasteiger partial charge is 0.468 e.